The number of nitrogens with one attached hydrogen (secondary N) is 1. The standard InChI is InChI=1S/C24H23ClN6O2S/c25-16-12-10-15(11-13-16)22-29-30-24(31(22)17-6-2-1-3-7-17)34-14-20(32)27-28-21-18-8-4-5-9-19(18)26-23(21)33/h4-5,8-13,17,26,33H,1-3,6-7,14H2. The van der Waals surface area contributed by atoms with E-state index in [1.165, 1.54) is 18.2 Å². The number of carbonyl (C=O) groups excluding carboxylic acids is 1. The van der Waals surface area contributed by atoms with E-state index < -0.39 is 5.91 Å². The van der Waals surface area contributed by atoms with Crippen LogP contribution in [0.25, 0.3) is 22.3 Å². The molecule has 0 spiro atoms. The minimum Gasteiger partial charge on any atom is -0.493 e. The summed E-state index contributed by atoms with van der Waals surface area (Å²) in [5.74, 6) is 0.317. The lowest BCUT2D eigenvalue weighted by molar-refractivity contribution is -0.115. The van der Waals surface area contributed by atoms with Crippen molar-refractivity contribution in [1.82, 2.24) is 19.7 Å². The van der Waals surface area contributed by atoms with Gasteiger partial charge in [0, 0.05) is 22.0 Å². The van der Waals surface area contributed by atoms with Crippen molar-refractivity contribution in [1.29, 1.82) is 0 Å². The summed E-state index contributed by atoms with van der Waals surface area (Å²) in [7, 11) is 0. The molecule has 0 radical (unpaired) electrons. The van der Waals surface area contributed by atoms with Crippen LogP contribution in [-0.4, -0.2) is 36.5 Å². The van der Waals surface area contributed by atoms with Crippen molar-refractivity contribution >= 4 is 45.9 Å². The summed E-state index contributed by atoms with van der Waals surface area (Å²) in [5, 5.41) is 28.8. The zero-order valence-corrected chi connectivity index (χ0v) is 19.9. The molecule has 2 heterocycles. The smallest absolute Gasteiger partial charge is 0.275 e. The summed E-state index contributed by atoms with van der Waals surface area (Å²) in [6, 6.07) is 15.2. The van der Waals surface area contributed by atoms with Gasteiger partial charge in [0.15, 0.2) is 16.7 Å². The molecular weight excluding hydrogens is 472 g/mol. The summed E-state index contributed by atoms with van der Waals surface area (Å²) in [5.41, 5.74) is 1.92. The van der Waals surface area contributed by atoms with Gasteiger partial charge >= 0.3 is 0 Å². The van der Waals surface area contributed by atoms with E-state index in [1.54, 1.807) is 0 Å². The third-order valence-corrected chi connectivity index (χ3v) is 7.13. The molecule has 2 aromatic carbocycles. The summed E-state index contributed by atoms with van der Waals surface area (Å²) < 4.78 is 2.16. The van der Waals surface area contributed by atoms with Gasteiger partial charge in [-0.25, -0.2) is 0 Å². The Labute approximate surface area is 205 Å². The Kier molecular flexibility index (Phi) is 6.64. The topological polar surface area (TPSA) is 109 Å². The van der Waals surface area contributed by atoms with Crippen LogP contribution in [0.15, 0.2) is 63.9 Å². The van der Waals surface area contributed by atoms with Gasteiger partial charge < -0.3 is 10.1 Å². The molecule has 4 aromatic rings. The van der Waals surface area contributed by atoms with Crippen molar-refractivity contribution in [2.75, 3.05) is 5.75 Å². The molecule has 0 saturated heterocycles. The first-order valence-corrected chi connectivity index (χ1v) is 12.5. The van der Waals surface area contributed by atoms with Crippen molar-refractivity contribution in [2.45, 2.75) is 43.3 Å². The maximum atomic E-state index is 12.5. The number of rotatable bonds is 6. The summed E-state index contributed by atoms with van der Waals surface area (Å²) in [4.78, 5) is 15.3. The van der Waals surface area contributed by atoms with E-state index in [2.05, 4.69) is 30.0 Å². The van der Waals surface area contributed by atoms with Gasteiger partial charge in [-0.1, -0.05) is 60.8 Å². The van der Waals surface area contributed by atoms with Crippen LogP contribution < -0.4 is 0 Å². The summed E-state index contributed by atoms with van der Waals surface area (Å²) in [6.07, 6.45) is 5.67. The molecule has 1 amide bonds. The van der Waals surface area contributed by atoms with Crippen LogP contribution in [0, 0.1) is 0 Å². The number of halogens is 1. The van der Waals surface area contributed by atoms with Crippen LogP contribution in [0.3, 0.4) is 0 Å². The molecule has 174 valence electrons. The molecule has 2 aromatic heterocycles. The zero-order chi connectivity index (χ0) is 23.5. The second-order valence-electron chi connectivity index (χ2n) is 8.23. The van der Waals surface area contributed by atoms with E-state index in [0.717, 1.165) is 42.6 Å². The van der Waals surface area contributed by atoms with E-state index in [9.17, 15) is 9.90 Å². The quantitative estimate of drug-likeness (QED) is 0.229. The Hall–Kier alpha value is -3.17. The first-order valence-electron chi connectivity index (χ1n) is 11.2. The highest BCUT2D eigenvalue weighted by atomic mass is 35.5. The molecular formula is C24H23ClN6O2S. The monoisotopic (exact) mass is 494 g/mol. The molecule has 2 N–H and O–H groups in total. The van der Waals surface area contributed by atoms with Gasteiger partial charge in [0.05, 0.1) is 11.3 Å². The molecule has 1 aliphatic carbocycles. The van der Waals surface area contributed by atoms with Crippen LogP contribution in [0.1, 0.15) is 38.1 Å². The molecule has 1 aliphatic rings. The van der Waals surface area contributed by atoms with Crippen molar-refractivity contribution in [2.24, 2.45) is 10.2 Å². The molecule has 34 heavy (non-hydrogen) atoms. The predicted octanol–water partition coefficient (Wildman–Crippen LogP) is 6.69. The fourth-order valence-electron chi connectivity index (χ4n) is 4.31. The number of azo groups is 1. The van der Waals surface area contributed by atoms with Crippen LogP contribution in [-0.2, 0) is 4.79 Å². The highest BCUT2D eigenvalue weighted by Crippen LogP contribution is 2.37. The average Bonchev–Trinajstić information content (AvgIpc) is 3.42. The number of aromatic nitrogens is 4. The number of thioether (sulfide) groups is 1. The van der Waals surface area contributed by atoms with Gasteiger partial charge in [0.1, 0.15) is 0 Å². The van der Waals surface area contributed by atoms with E-state index in [4.69, 9.17) is 11.6 Å². The lowest BCUT2D eigenvalue weighted by atomic mass is 9.95. The minimum atomic E-state index is -0.416. The zero-order valence-electron chi connectivity index (χ0n) is 18.3. The first-order chi connectivity index (χ1) is 16.6. The highest BCUT2D eigenvalue weighted by Gasteiger charge is 2.24. The fourth-order valence-corrected chi connectivity index (χ4v) is 5.22. The van der Waals surface area contributed by atoms with E-state index in [1.807, 2.05) is 48.5 Å². The van der Waals surface area contributed by atoms with Gasteiger partial charge in [-0.3, -0.25) is 9.36 Å². The van der Waals surface area contributed by atoms with Gasteiger partial charge in [0.2, 0.25) is 5.88 Å². The van der Waals surface area contributed by atoms with Crippen molar-refractivity contribution in [3.05, 3.63) is 53.6 Å². The van der Waals surface area contributed by atoms with Crippen LogP contribution in [0.2, 0.25) is 5.02 Å². The van der Waals surface area contributed by atoms with Crippen molar-refractivity contribution in [3.63, 3.8) is 0 Å². The number of fused-ring (bicyclic) bond motifs is 1. The number of H-pyrrole nitrogens is 1. The van der Waals surface area contributed by atoms with E-state index in [-0.39, 0.29) is 23.4 Å². The van der Waals surface area contributed by atoms with E-state index >= 15 is 0 Å². The number of hydrogen-bond donors (Lipinski definition) is 2. The molecule has 0 bridgehead atoms. The number of amides is 1. The van der Waals surface area contributed by atoms with Gasteiger partial charge in [-0.15, -0.1) is 20.4 Å². The number of para-hydroxylation sites is 1. The normalized spacial score (nSPS) is 14.9. The average molecular weight is 495 g/mol. The minimum absolute atomic E-state index is 0.0675. The molecule has 1 saturated carbocycles. The Morgan fingerprint density at radius 1 is 1.12 bits per heavy atom. The van der Waals surface area contributed by atoms with Crippen molar-refractivity contribution < 1.29 is 9.90 Å². The lowest BCUT2D eigenvalue weighted by Gasteiger charge is -2.25. The number of aromatic hydroxyl groups is 1. The molecule has 0 atom stereocenters. The molecule has 0 aliphatic heterocycles. The maximum Gasteiger partial charge on any atom is 0.275 e. The Morgan fingerprint density at radius 2 is 1.88 bits per heavy atom. The SMILES string of the molecule is O=C(CSc1nnc(-c2ccc(Cl)cc2)n1C1CCCCC1)N=Nc1c(O)[nH]c2ccccc12. The van der Waals surface area contributed by atoms with Crippen LogP contribution in [0.4, 0.5) is 5.69 Å². The Morgan fingerprint density at radius 3 is 2.68 bits per heavy atom. The van der Waals surface area contributed by atoms with Crippen molar-refractivity contribution in [3.8, 4) is 17.3 Å². The van der Waals surface area contributed by atoms with Gasteiger partial charge in [0.25, 0.3) is 5.91 Å². The second kappa shape index (κ2) is 9.99. The molecule has 10 heteroatoms. The number of aromatic amines is 1. The number of benzene rings is 2. The first kappa shape index (κ1) is 22.6. The summed E-state index contributed by atoms with van der Waals surface area (Å²) >= 11 is 7.37. The predicted molar refractivity (Wildman–Crippen MR) is 133 cm³/mol. The molecule has 5 rings (SSSR count). The van der Waals surface area contributed by atoms with Gasteiger partial charge in [-0.05, 0) is 43.2 Å². The molecule has 0 unspecified atom stereocenters. The highest BCUT2D eigenvalue weighted by molar-refractivity contribution is 7.99. The van der Waals surface area contributed by atoms with Gasteiger partial charge in [-0.2, -0.15) is 0 Å². The number of carbonyl (C=O) groups is 1. The summed E-state index contributed by atoms with van der Waals surface area (Å²) in [6.45, 7) is 0. The molecule has 1 fully saturated rings. The van der Waals surface area contributed by atoms with Crippen LogP contribution >= 0.6 is 23.4 Å². The maximum absolute atomic E-state index is 12.5. The van der Waals surface area contributed by atoms with Crippen LogP contribution in [0.5, 0.6) is 5.88 Å². The number of hydrogen-bond acceptors (Lipinski definition) is 6. The van der Waals surface area contributed by atoms with E-state index in [0.29, 0.717) is 15.6 Å². The second-order valence-corrected chi connectivity index (χ2v) is 9.60. The molecule has 8 nitrogen and oxygen atoms in total. The number of nitrogens with zero attached hydrogens (tertiary/aromatic N) is 5. The largest absolute Gasteiger partial charge is 0.493 e. The Balaban J connectivity index is 1.35. The fraction of sp³-hybridized carbons (Fsp3) is 0.292. The lowest BCUT2D eigenvalue weighted by Crippen LogP contribution is -2.15. The third-order valence-electron chi connectivity index (χ3n) is 5.95. The Bertz CT molecular complexity index is 1340. The third kappa shape index (κ3) is 4.71.